The number of nitrogen functional groups attached to an aromatic ring is 1. The maximum Gasteiger partial charge on any atom is 0.122 e. The number of rotatable bonds is 4. The van der Waals surface area contributed by atoms with Gasteiger partial charge in [0.1, 0.15) is 5.84 Å². The van der Waals surface area contributed by atoms with E-state index >= 15 is 0 Å². The Kier molecular flexibility index (Phi) is 4.08. The molecular weight excluding hydrogens is 246 g/mol. The number of amidine groups is 1. The molecule has 3 nitrogen and oxygen atoms in total. The summed E-state index contributed by atoms with van der Waals surface area (Å²) in [6.07, 6.45) is 0. The van der Waals surface area contributed by atoms with Gasteiger partial charge in [-0.2, -0.15) is 0 Å². The smallest absolute Gasteiger partial charge is 0.122 e. The van der Waals surface area contributed by atoms with Gasteiger partial charge >= 0.3 is 0 Å². The van der Waals surface area contributed by atoms with Gasteiger partial charge in [0.15, 0.2) is 0 Å². The van der Waals surface area contributed by atoms with Crippen LogP contribution in [-0.2, 0) is 6.54 Å². The van der Waals surface area contributed by atoms with E-state index in [4.69, 9.17) is 11.1 Å². The molecule has 0 spiro atoms. The van der Waals surface area contributed by atoms with Gasteiger partial charge in [-0.1, -0.05) is 29.8 Å². The summed E-state index contributed by atoms with van der Waals surface area (Å²) < 4.78 is 0. The fourth-order valence-electron chi connectivity index (χ4n) is 2.19. The van der Waals surface area contributed by atoms with Crippen molar-refractivity contribution in [1.82, 2.24) is 0 Å². The summed E-state index contributed by atoms with van der Waals surface area (Å²) in [5.41, 5.74) is 11.2. The third-order valence-electron chi connectivity index (χ3n) is 3.54. The Morgan fingerprint density at radius 1 is 1.10 bits per heavy atom. The second kappa shape index (κ2) is 5.78. The standard InChI is InChI=1S/C17H21N3/c1-12-4-8-16(9-5-12)20(3)11-15-7-6-14(17(18)19)10-13(15)2/h4-10H,11H2,1-3H3,(H3,18,19). The predicted molar refractivity (Wildman–Crippen MR) is 85.5 cm³/mol. The second-order valence-electron chi connectivity index (χ2n) is 5.25. The molecule has 3 heteroatoms. The number of hydrogen-bond donors (Lipinski definition) is 2. The lowest BCUT2D eigenvalue weighted by Gasteiger charge is -2.21. The highest BCUT2D eigenvalue weighted by Gasteiger charge is 2.06. The van der Waals surface area contributed by atoms with Crippen molar-refractivity contribution >= 4 is 11.5 Å². The summed E-state index contributed by atoms with van der Waals surface area (Å²) in [4.78, 5) is 2.22. The molecule has 20 heavy (non-hydrogen) atoms. The number of hydrogen-bond acceptors (Lipinski definition) is 2. The van der Waals surface area contributed by atoms with Crippen LogP contribution in [0, 0.1) is 19.3 Å². The van der Waals surface area contributed by atoms with E-state index in [1.807, 2.05) is 12.1 Å². The van der Waals surface area contributed by atoms with E-state index in [0.717, 1.165) is 17.7 Å². The van der Waals surface area contributed by atoms with E-state index in [9.17, 15) is 0 Å². The van der Waals surface area contributed by atoms with Crippen LogP contribution in [-0.4, -0.2) is 12.9 Å². The Hall–Kier alpha value is -2.29. The first-order valence-corrected chi connectivity index (χ1v) is 6.69. The van der Waals surface area contributed by atoms with Crippen molar-refractivity contribution in [3.05, 3.63) is 64.7 Å². The van der Waals surface area contributed by atoms with E-state index in [0.29, 0.717) is 0 Å². The van der Waals surface area contributed by atoms with E-state index in [1.54, 1.807) is 0 Å². The topological polar surface area (TPSA) is 53.1 Å². The van der Waals surface area contributed by atoms with Crippen molar-refractivity contribution in [3.63, 3.8) is 0 Å². The van der Waals surface area contributed by atoms with Gasteiger partial charge in [-0.15, -0.1) is 0 Å². The lowest BCUT2D eigenvalue weighted by molar-refractivity contribution is 0.913. The molecule has 104 valence electrons. The predicted octanol–water partition coefficient (Wildman–Crippen LogP) is 3.22. The molecule has 2 aromatic carbocycles. The normalized spacial score (nSPS) is 10.3. The molecule has 0 radical (unpaired) electrons. The Morgan fingerprint density at radius 3 is 2.30 bits per heavy atom. The van der Waals surface area contributed by atoms with Crippen molar-refractivity contribution in [1.29, 1.82) is 5.41 Å². The Balaban J connectivity index is 2.17. The van der Waals surface area contributed by atoms with E-state index in [-0.39, 0.29) is 5.84 Å². The molecule has 0 amide bonds. The molecule has 3 N–H and O–H groups in total. The monoisotopic (exact) mass is 267 g/mol. The Morgan fingerprint density at radius 2 is 1.75 bits per heavy atom. The molecule has 0 heterocycles. The van der Waals surface area contributed by atoms with Crippen molar-refractivity contribution in [2.45, 2.75) is 20.4 Å². The Labute approximate surface area is 120 Å². The van der Waals surface area contributed by atoms with Crippen molar-refractivity contribution in [2.75, 3.05) is 11.9 Å². The zero-order valence-corrected chi connectivity index (χ0v) is 12.3. The largest absolute Gasteiger partial charge is 0.384 e. The van der Waals surface area contributed by atoms with Crippen molar-refractivity contribution in [3.8, 4) is 0 Å². The van der Waals surface area contributed by atoms with Gasteiger partial charge in [-0.3, -0.25) is 5.41 Å². The second-order valence-corrected chi connectivity index (χ2v) is 5.25. The first-order valence-electron chi connectivity index (χ1n) is 6.69. The summed E-state index contributed by atoms with van der Waals surface area (Å²) in [6.45, 7) is 4.99. The quantitative estimate of drug-likeness (QED) is 0.660. The number of nitrogens with two attached hydrogens (primary N) is 1. The fraction of sp³-hybridized carbons (Fsp3) is 0.235. The molecule has 2 aromatic rings. The number of nitrogens with one attached hydrogen (secondary N) is 1. The summed E-state index contributed by atoms with van der Waals surface area (Å²) in [5, 5.41) is 7.47. The zero-order chi connectivity index (χ0) is 14.7. The van der Waals surface area contributed by atoms with Crippen molar-refractivity contribution in [2.24, 2.45) is 5.73 Å². The third kappa shape index (κ3) is 3.18. The van der Waals surface area contributed by atoms with Crippen LogP contribution in [0.1, 0.15) is 22.3 Å². The van der Waals surface area contributed by atoms with E-state index < -0.39 is 0 Å². The van der Waals surface area contributed by atoms with Gasteiger partial charge in [0.05, 0.1) is 0 Å². The average molecular weight is 267 g/mol. The van der Waals surface area contributed by atoms with Gasteiger partial charge in [0.2, 0.25) is 0 Å². The lowest BCUT2D eigenvalue weighted by Crippen LogP contribution is -2.17. The minimum absolute atomic E-state index is 0.117. The first kappa shape index (κ1) is 14.1. The molecule has 0 aromatic heterocycles. The number of benzene rings is 2. The maximum absolute atomic E-state index is 7.47. The zero-order valence-electron chi connectivity index (χ0n) is 12.3. The lowest BCUT2D eigenvalue weighted by atomic mass is 10.0. The van der Waals surface area contributed by atoms with Gasteiger partial charge in [-0.25, -0.2) is 0 Å². The van der Waals surface area contributed by atoms with Crippen LogP contribution < -0.4 is 10.6 Å². The van der Waals surface area contributed by atoms with E-state index in [2.05, 4.69) is 56.1 Å². The summed E-state index contributed by atoms with van der Waals surface area (Å²) in [5.74, 6) is 0.117. The minimum atomic E-state index is 0.117. The molecule has 0 saturated carbocycles. The van der Waals surface area contributed by atoms with Gasteiger partial charge in [0.25, 0.3) is 0 Å². The van der Waals surface area contributed by atoms with Crippen LogP contribution >= 0.6 is 0 Å². The summed E-state index contributed by atoms with van der Waals surface area (Å²) >= 11 is 0. The van der Waals surface area contributed by atoms with Crippen LogP contribution in [0.4, 0.5) is 5.69 Å². The molecule has 0 unspecified atom stereocenters. The number of aryl methyl sites for hydroxylation is 2. The molecule has 0 bridgehead atoms. The van der Waals surface area contributed by atoms with Gasteiger partial charge < -0.3 is 10.6 Å². The fourth-order valence-corrected chi connectivity index (χ4v) is 2.19. The van der Waals surface area contributed by atoms with Crippen LogP contribution in [0.15, 0.2) is 42.5 Å². The molecule has 0 aliphatic heterocycles. The third-order valence-corrected chi connectivity index (χ3v) is 3.54. The average Bonchev–Trinajstić information content (AvgIpc) is 2.41. The highest BCUT2D eigenvalue weighted by molar-refractivity contribution is 5.95. The molecular formula is C17H21N3. The summed E-state index contributed by atoms with van der Waals surface area (Å²) in [7, 11) is 2.09. The molecule has 0 saturated heterocycles. The van der Waals surface area contributed by atoms with Crippen molar-refractivity contribution < 1.29 is 0 Å². The highest BCUT2D eigenvalue weighted by Crippen LogP contribution is 2.18. The van der Waals surface area contributed by atoms with Crippen LogP contribution in [0.25, 0.3) is 0 Å². The SMILES string of the molecule is Cc1ccc(N(C)Cc2ccc(C(=N)N)cc2C)cc1. The molecule has 0 atom stereocenters. The first-order chi connectivity index (χ1) is 9.47. The molecule has 2 rings (SSSR count). The molecule has 0 aliphatic rings. The summed E-state index contributed by atoms with van der Waals surface area (Å²) in [6, 6.07) is 14.4. The Bertz CT molecular complexity index is 615. The number of anilines is 1. The molecule has 0 aliphatic carbocycles. The van der Waals surface area contributed by atoms with Gasteiger partial charge in [0, 0.05) is 24.8 Å². The maximum atomic E-state index is 7.47. The van der Waals surface area contributed by atoms with Crippen LogP contribution in [0.2, 0.25) is 0 Å². The van der Waals surface area contributed by atoms with Crippen LogP contribution in [0.3, 0.4) is 0 Å². The van der Waals surface area contributed by atoms with E-state index in [1.165, 1.54) is 16.8 Å². The highest BCUT2D eigenvalue weighted by atomic mass is 15.1. The van der Waals surface area contributed by atoms with Crippen LogP contribution in [0.5, 0.6) is 0 Å². The minimum Gasteiger partial charge on any atom is -0.384 e. The number of nitrogens with zero attached hydrogens (tertiary/aromatic N) is 1. The molecule has 0 fully saturated rings. The van der Waals surface area contributed by atoms with Gasteiger partial charge in [-0.05, 0) is 43.2 Å².